The van der Waals surface area contributed by atoms with Crippen molar-refractivity contribution in [3.05, 3.63) is 53.6 Å². The molecule has 1 atom stereocenters. The number of thiocarbonyl (C=S) groups is 1. The number of hydrogen-bond donors (Lipinski definition) is 1. The van der Waals surface area contributed by atoms with Crippen molar-refractivity contribution >= 4 is 23.0 Å². The Labute approximate surface area is 209 Å². The average molecular weight is 484 g/mol. The van der Waals surface area contributed by atoms with Crippen LogP contribution in [0.25, 0.3) is 0 Å². The van der Waals surface area contributed by atoms with Crippen LogP contribution in [-0.4, -0.2) is 66.5 Å². The second-order valence-electron chi connectivity index (χ2n) is 9.61. The van der Waals surface area contributed by atoms with E-state index in [4.69, 9.17) is 26.4 Å². The van der Waals surface area contributed by atoms with E-state index in [1.165, 1.54) is 5.56 Å². The highest BCUT2D eigenvalue weighted by atomic mass is 32.1. The number of aryl methyl sites for hydroxylation is 1. The summed E-state index contributed by atoms with van der Waals surface area (Å²) in [5.74, 6) is 1.76. The maximum atomic E-state index is 6.37. The number of fused-ring (bicyclic) bond motifs is 1. The van der Waals surface area contributed by atoms with E-state index >= 15 is 0 Å². The molecule has 0 amide bonds. The number of nitrogens with zero attached hydrogens (tertiary/aromatic N) is 2. The predicted molar refractivity (Wildman–Crippen MR) is 141 cm³/mol. The highest BCUT2D eigenvalue weighted by molar-refractivity contribution is 7.80. The van der Waals surface area contributed by atoms with Gasteiger partial charge in [0.05, 0.1) is 25.9 Å². The first-order chi connectivity index (χ1) is 16.4. The van der Waals surface area contributed by atoms with E-state index in [0.717, 1.165) is 73.7 Å². The Hall–Kier alpha value is -2.35. The van der Waals surface area contributed by atoms with Gasteiger partial charge < -0.3 is 24.4 Å². The zero-order chi connectivity index (χ0) is 24.1. The van der Waals surface area contributed by atoms with Crippen LogP contribution in [0, 0.1) is 6.92 Å². The minimum Gasteiger partial charge on any atom is -0.494 e. The van der Waals surface area contributed by atoms with Gasteiger partial charge >= 0.3 is 0 Å². The van der Waals surface area contributed by atoms with Gasteiger partial charge in [-0.2, -0.15) is 0 Å². The van der Waals surface area contributed by atoms with Crippen LogP contribution in [-0.2, 0) is 4.74 Å². The molecule has 0 aromatic heterocycles. The number of para-hydroxylation sites is 1. The Bertz CT molecular complexity index is 991. The molecule has 2 aliphatic heterocycles. The number of nitrogens with one attached hydrogen (secondary N) is 1. The summed E-state index contributed by atoms with van der Waals surface area (Å²) < 4.78 is 17.8. The van der Waals surface area contributed by atoms with Gasteiger partial charge in [-0.05, 0) is 69.7 Å². The summed E-state index contributed by atoms with van der Waals surface area (Å²) in [6.45, 7) is 14.3. The first-order valence-electron chi connectivity index (χ1n) is 12.3. The topological polar surface area (TPSA) is 46.2 Å². The second-order valence-corrected chi connectivity index (χ2v) is 9.99. The molecule has 0 spiro atoms. The van der Waals surface area contributed by atoms with Gasteiger partial charge in [-0.1, -0.05) is 18.2 Å². The number of ether oxygens (including phenoxy) is 3. The van der Waals surface area contributed by atoms with Gasteiger partial charge in [-0.25, -0.2) is 0 Å². The number of benzene rings is 2. The molecular formula is C27H37N3O3S. The summed E-state index contributed by atoms with van der Waals surface area (Å²) in [5.41, 5.74) is 3.03. The first-order valence-corrected chi connectivity index (χ1v) is 12.7. The number of anilines is 1. The highest BCUT2D eigenvalue weighted by Crippen LogP contribution is 2.44. The van der Waals surface area contributed by atoms with Crippen LogP contribution >= 0.6 is 12.2 Å². The van der Waals surface area contributed by atoms with E-state index in [1.54, 1.807) is 0 Å². The van der Waals surface area contributed by atoms with Crippen LogP contribution < -0.4 is 14.8 Å². The van der Waals surface area contributed by atoms with Crippen LogP contribution in [0.15, 0.2) is 42.5 Å². The molecule has 184 valence electrons. The standard InChI is InChI=1S/C27H37N3O3S/c1-5-32-21-10-11-25-22(18-21)24(19-27(3,4)33-25)30(13-12-29-14-16-31-17-15-29)26(34)28-23-9-7-6-8-20(23)2/h6-11,18,24H,5,12-17,19H2,1-4H3,(H,28,34)/t24-/m0/s1. The quantitative estimate of drug-likeness (QED) is 0.555. The van der Waals surface area contributed by atoms with Crippen LogP contribution in [0.2, 0.25) is 0 Å². The molecule has 1 N–H and O–H groups in total. The van der Waals surface area contributed by atoms with Crippen LogP contribution in [0.3, 0.4) is 0 Å². The molecule has 6 nitrogen and oxygen atoms in total. The lowest BCUT2D eigenvalue weighted by Gasteiger charge is -2.44. The van der Waals surface area contributed by atoms with Gasteiger partial charge in [0, 0.05) is 43.9 Å². The molecule has 2 aromatic carbocycles. The Kier molecular flexibility index (Phi) is 7.96. The molecule has 0 unspecified atom stereocenters. The van der Waals surface area contributed by atoms with Gasteiger partial charge in [-0.3, -0.25) is 4.90 Å². The average Bonchev–Trinajstić information content (AvgIpc) is 2.81. The molecule has 7 heteroatoms. The molecule has 0 radical (unpaired) electrons. The zero-order valence-corrected chi connectivity index (χ0v) is 21.6. The summed E-state index contributed by atoms with van der Waals surface area (Å²) in [6.07, 6.45) is 0.828. The summed E-state index contributed by atoms with van der Waals surface area (Å²) in [5, 5.41) is 4.27. The minimum absolute atomic E-state index is 0.0733. The first kappa shape index (κ1) is 24.8. The lowest BCUT2D eigenvalue weighted by Crippen LogP contribution is -2.48. The van der Waals surface area contributed by atoms with E-state index in [-0.39, 0.29) is 11.6 Å². The molecule has 2 heterocycles. The molecular weight excluding hydrogens is 446 g/mol. The summed E-state index contributed by atoms with van der Waals surface area (Å²) in [7, 11) is 0. The molecule has 4 rings (SSSR count). The van der Waals surface area contributed by atoms with E-state index in [9.17, 15) is 0 Å². The third-order valence-corrected chi connectivity index (χ3v) is 6.84. The van der Waals surface area contributed by atoms with Gasteiger partial charge in [0.2, 0.25) is 0 Å². The fourth-order valence-electron chi connectivity index (χ4n) is 4.70. The molecule has 34 heavy (non-hydrogen) atoms. The van der Waals surface area contributed by atoms with Gasteiger partial charge in [-0.15, -0.1) is 0 Å². The molecule has 1 fully saturated rings. The number of hydrogen-bond acceptors (Lipinski definition) is 5. The molecule has 0 aliphatic carbocycles. The van der Waals surface area contributed by atoms with Crippen molar-refractivity contribution in [1.29, 1.82) is 0 Å². The zero-order valence-electron chi connectivity index (χ0n) is 20.8. The SMILES string of the molecule is CCOc1ccc2c(c1)[C@@H](N(CCN1CCOCC1)C(=S)Nc1ccccc1C)CC(C)(C)O2. The highest BCUT2D eigenvalue weighted by Gasteiger charge is 2.38. The van der Waals surface area contributed by atoms with Crippen molar-refractivity contribution in [2.45, 2.75) is 45.8 Å². The normalized spacial score (nSPS) is 19.6. The van der Waals surface area contributed by atoms with E-state index < -0.39 is 0 Å². The fourth-order valence-corrected chi connectivity index (χ4v) is 5.03. The monoisotopic (exact) mass is 483 g/mol. The smallest absolute Gasteiger partial charge is 0.173 e. The van der Waals surface area contributed by atoms with Crippen LogP contribution in [0.4, 0.5) is 5.69 Å². The minimum atomic E-state index is -0.305. The van der Waals surface area contributed by atoms with Crippen molar-refractivity contribution in [3.63, 3.8) is 0 Å². The molecule has 0 bridgehead atoms. The molecule has 0 saturated carbocycles. The Balaban J connectivity index is 1.65. The molecule has 1 saturated heterocycles. The third kappa shape index (κ3) is 6.01. The lowest BCUT2D eigenvalue weighted by molar-refractivity contribution is 0.0266. The van der Waals surface area contributed by atoms with Gasteiger partial charge in [0.25, 0.3) is 0 Å². The van der Waals surface area contributed by atoms with E-state index in [2.05, 4.69) is 54.1 Å². The summed E-state index contributed by atoms with van der Waals surface area (Å²) in [4.78, 5) is 4.80. The maximum absolute atomic E-state index is 6.37. The summed E-state index contributed by atoms with van der Waals surface area (Å²) in [6, 6.07) is 14.5. The molecule has 2 aromatic rings. The second kappa shape index (κ2) is 10.9. The van der Waals surface area contributed by atoms with Crippen molar-refractivity contribution < 1.29 is 14.2 Å². The Morgan fingerprint density at radius 3 is 2.71 bits per heavy atom. The van der Waals surface area contributed by atoms with E-state index in [1.807, 2.05) is 31.2 Å². The van der Waals surface area contributed by atoms with Crippen molar-refractivity contribution in [2.75, 3.05) is 51.3 Å². The van der Waals surface area contributed by atoms with Gasteiger partial charge in [0.1, 0.15) is 17.1 Å². The predicted octanol–water partition coefficient (Wildman–Crippen LogP) is 5.03. The lowest BCUT2D eigenvalue weighted by atomic mass is 9.88. The maximum Gasteiger partial charge on any atom is 0.173 e. The van der Waals surface area contributed by atoms with E-state index in [0.29, 0.717) is 6.61 Å². The summed E-state index contributed by atoms with van der Waals surface area (Å²) >= 11 is 6.05. The van der Waals surface area contributed by atoms with Crippen molar-refractivity contribution in [3.8, 4) is 11.5 Å². The van der Waals surface area contributed by atoms with Gasteiger partial charge in [0.15, 0.2) is 5.11 Å². The fraction of sp³-hybridized carbons (Fsp3) is 0.519. The Morgan fingerprint density at radius 2 is 1.97 bits per heavy atom. The molecule has 2 aliphatic rings. The van der Waals surface area contributed by atoms with Crippen LogP contribution in [0.1, 0.15) is 44.4 Å². The number of rotatable bonds is 7. The van der Waals surface area contributed by atoms with Crippen molar-refractivity contribution in [1.82, 2.24) is 9.80 Å². The number of morpholine rings is 1. The Morgan fingerprint density at radius 1 is 1.21 bits per heavy atom. The van der Waals surface area contributed by atoms with Crippen LogP contribution in [0.5, 0.6) is 11.5 Å². The van der Waals surface area contributed by atoms with Crippen molar-refractivity contribution in [2.24, 2.45) is 0 Å². The third-order valence-electron chi connectivity index (χ3n) is 6.51. The largest absolute Gasteiger partial charge is 0.494 e.